The van der Waals surface area contributed by atoms with Crippen molar-refractivity contribution in [3.63, 3.8) is 0 Å². The number of imide groups is 1. The van der Waals surface area contributed by atoms with Crippen LogP contribution in [-0.2, 0) is 20.8 Å². The van der Waals surface area contributed by atoms with Crippen molar-refractivity contribution in [1.29, 1.82) is 0 Å². The van der Waals surface area contributed by atoms with E-state index in [9.17, 15) is 39.2 Å². The van der Waals surface area contributed by atoms with Gasteiger partial charge in [0.05, 0.1) is 21.5 Å². The van der Waals surface area contributed by atoms with Gasteiger partial charge < -0.3 is 41.2 Å². The van der Waals surface area contributed by atoms with Gasteiger partial charge in [-0.05, 0) is 35.7 Å². The second-order valence-electron chi connectivity index (χ2n) is 9.18. The molecule has 0 saturated carbocycles. The maximum absolute atomic E-state index is 13.5. The third-order valence-corrected chi connectivity index (χ3v) is 7.11. The summed E-state index contributed by atoms with van der Waals surface area (Å²) in [5.41, 5.74) is 5.69. The number of nitrogens with two attached hydrogens (primary N) is 1. The first-order valence-corrected chi connectivity index (χ1v) is 13.0. The fourth-order valence-corrected chi connectivity index (χ4v) is 4.98. The Kier molecular flexibility index (Phi) is 8.92. The summed E-state index contributed by atoms with van der Waals surface area (Å²) in [6.45, 7) is 0.110. The number of rotatable bonds is 7. The lowest BCUT2D eigenvalue weighted by atomic mass is 9.72. The third-order valence-electron chi connectivity index (χ3n) is 6.53. The SMILES string of the molecule is NCCN1CCN(C(=O)NC(C(=O)N[C@H]2Cc3cccc(C(=O)O)c3OB2O)c2cc(Cl)c(O)c(Cl)c2)C(=O)C1=O. The predicted molar refractivity (Wildman–Crippen MR) is 144 cm³/mol. The molecule has 41 heavy (non-hydrogen) atoms. The zero-order chi connectivity index (χ0) is 30.0. The molecule has 5 amide bonds. The van der Waals surface area contributed by atoms with Crippen LogP contribution in [0.3, 0.4) is 0 Å². The monoisotopic (exact) mass is 607 g/mol. The van der Waals surface area contributed by atoms with Gasteiger partial charge >= 0.3 is 30.9 Å². The number of aromatic hydroxyl groups is 1. The second kappa shape index (κ2) is 12.2. The van der Waals surface area contributed by atoms with Crippen LogP contribution in [0.2, 0.25) is 10.0 Å². The standard InChI is InChI=1S/C24H24BCl2N5O9/c26-14-8-12(9-15(27)18(14)33)17(30-24(39)32-7-6-31(5-4-28)21(35)22(32)36)20(34)29-16-10-11-2-1-3-13(23(37)38)19(11)41-25(16)40/h1-3,8-9,16-17,33,40H,4-7,10,28H2,(H,29,34)(H,30,39)(H,37,38)/t16-,17?/m0/s1. The highest BCUT2D eigenvalue weighted by Crippen LogP contribution is 2.35. The maximum atomic E-state index is 13.5. The van der Waals surface area contributed by atoms with Gasteiger partial charge in [-0.25, -0.2) is 9.59 Å². The molecule has 0 aromatic heterocycles. The number of urea groups is 1. The molecule has 2 aliphatic rings. The minimum Gasteiger partial charge on any atom is -0.534 e. The summed E-state index contributed by atoms with van der Waals surface area (Å²) < 4.78 is 5.40. The van der Waals surface area contributed by atoms with Crippen LogP contribution in [0.1, 0.15) is 27.5 Å². The molecular weight excluding hydrogens is 584 g/mol. The van der Waals surface area contributed by atoms with E-state index in [1.54, 1.807) is 6.07 Å². The van der Waals surface area contributed by atoms with E-state index in [2.05, 4.69) is 10.6 Å². The lowest BCUT2D eigenvalue weighted by Gasteiger charge is -2.33. The number of piperazine rings is 1. The van der Waals surface area contributed by atoms with Gasteiger partial charge in [-0.3, -0.25) is 19.3 Å². The Morgan fingerprint density at radius 3 is 2.46 bits per heavy atom. The number of amides is 5. The minimum atomic E-state index is -1.66. The van der Waals surface area contributed by atoms with E-state index in [0.29, 0.717) is 10.5 Å². The predicted octanol–water partition coefficient (Wildman–Crippen LogP) is -0.0830. The van der Waals surface area contributed by atoms with Gasteiger partial charge in [0.25, 0.3) is 0 Å². The lowest BCUT2D eigenvalue weighted by Crippen LogP contribution is -2.60. The molecular formula is C24H24BCl2N5O9. The number of para-hydroxylation sites is 1. The first kappa shape index (κ1) is 29.9. The number of phenolic OH excluding ortho intramolecular Hbond substituents is 1. The Hall–Kier alpha value is -4.05. The maximum Gasteiger partial charge on any atom is 0.547 e. The number of aromatic carboxylic acids is 1. The van der Waals surface area contributed by atoms with Crippen molar-refractivity contribution in [2.75, 3.05) is 26.2 Å². The number of carboxylic acid groups (broad SMARTS) is 1. The smallest absolute Gasteiger partial charge is 0.534 e. The number of phenols is 1. The highest BCUT2D eigenvalue weighted by molar-refractivity contribution is 6.47. The molecule has 216 valence electrons. The summed E-state index contributed by atoms with van der Waals surface area (Å²) in [6, 6.07) is 4.03. The largest absolute Gasteiger partial charge is 0.547 e. The van der Waals surface area contributed by atoms with Gasteiger partial charge in [-0.1, -0.05) is 35.3 Å². The van der Waals surface area contributed by atoms with E-state index in [-0.39, 0.29) is 59.5 Å². The first-order chi connectivity index (χ1) is 19.4. The molecule has 2 aliphatic heterocycles. The van der Waals surface area contributed by atoms with Gasteiger partial charge in [-0.2, -0.15) is 0 Å². The van der Waals surface area contributed by atoms with E-state index < -0.39 is 54.6 Å². The highest BCUT2D eigenvalue weighted by Gasteiger charge is 2.41. The summed E-state index contributed by atoms with van der Waals surface area (Å²) in [6.07, 6.45) is -0.0305. The highest BCUT2D eigenvalue weighted by atomic mass is 35.5. The Morgan fingerprint density at radius 2 is 1.83 bits per heavy atom. The van der Waals surface area contributed by atoms with Crippen LogP contribution in [0.15, 0.2) is 30.3 Å². The van der Waals surface area contributed by atoms with Crippen LogP contribution in [0, 0.1) is 0 Å². The quantitative estimate of drug-likeness (QED) is 0.182. The Bertz CT molecular complexity index is 1400. The topological polar surface area (TPSA) is 212 Å². The van der Waals surface area contributed by atoms with Gasteiger partial charge in [0.1, 0.15) is 11.8 Å². The van der Waals surface area contributed by atoms with E-state index in [4.69, 9.17) is 33.6 Å². The minimum absolute atomic E-state index is 0.00368. The molecule has 1 saturated heterocycles. The Balaban J connectivity index is 1.59. The van der Waals surface area contributed by atoms with Crippen LogP contribution in [0.4, 0.5) is 4.79 Å². The van der Waals surface area contributed by atoms with Gasteiger partial charge in [0, 0.05) is 26.2 Å². The van der Waals surface area contributed by atoms with Crippen LogP contribution in [0.25, 0.3) is 0 Å². The van der Waals surface area contributed by atoms with E-state index >= 15 is 0 Å². The Labute approximate surface area is 243 Å². The Morgan fingerprint density at radius 1 is 1.15 bits per heavy atom. The average Bonchev–Trinajstić information content (AvgIpc) is 2.92. The molecule has 7 N–H and O–H groups in total. The van der Waals surface area contributed by atoms with Crippen molar-refractivity contribution < 1.29 is 43.9 Å². The van der Waals surface area contributed by atoms with Crippen LogP contribution < -0.4 is 21.0 Å². The van der Waals surface area contributed by atoms with Gasteiger partial charge in [0.2, 0.25) is 5.91 Å². The molecule has 1 fully saturated rings. The molecule has 2 atom stereocenters. The van der Waals surface area contributed by atoms with Gasteiger partial charge in [-0.15, -0.1) is 0 Å². The summed E-state index contributed by atoms with van der Waals surface area (Å²) in [5, 5.41) is 34.4. The molecule has 1 unspecified atom stereocenters. The average molecular weight is 608 g/mol. The number of carbonyl (C=O) groups excluding carboxylic acids is 4. The number of benzene rings is 2. The van der Waals surface area contributed by atoms with E-state index in [0.717, 1.165) is 0 Å². The van der Waals surface area contributed by atoms with Crippen molar-refractivity contribution >= 4 is 60.0 Å². The molecule has 0 radical (unpaired) electrons. The third kappa shape index (κ3) is 6.17. The molecule has 0 bridgehead atoms. The number of fused-ring (bicyclic) bond motifs is 1. The normalized spacial score (nSPS) is 17.5. The van der Waals surface area contributed by atoms with Crippen LogP contribution >= 0.6 is 23.2 Å². The molecule has 2 aromatic carbocycles. The summed E-state index contributed by atoms with van der Waals surface area (Å²) in [7, 11) is -1.66. The number of carbonyl (C=O) groups is 5. The molecule has 0 spiro atoms. The number of carboxylic acids is 1. The first-order valence-electron chi connectivity index (χ1n) is 12.2. The van der Waals surface area contributed by atoms with E-state index in [1.807, 2.05) is 0 Å². The molecule has 17 heteroatoms. The summed E-state index contributed by atoms with van der Waals surface area (Å²) >= 11 is 12.1. The molecule has 4 rings (SSSR count). The molecule has 2 heterocycles. The zero-order valence-electron chi connectivity index (χ0n) is 21.2. The van der Waals surface area contributed by atoms with Crippen molar-refractivity contribution in [3.05, 3.63) is 57.1 Å². The molecule has 0 aliphatic carbocycles. The second-order valence-corrected chi connectivity index (χ2v) is 9.99. The fraction of sp³-hybridized carbons (Fsp3) is 0.292. The number of halogens is 2. The van der Waals surface area contributed by atoms with Crippen molar-refractivity contribution in [3.8, 4) is 11.5 Å². The molecule has 14 nitrogen and oxygen atoms in total. The fourth-order valence-electron chi connectivity index (χ4n) is 4.47. The number of hydrogen-bond acceptors (Lipinski definition) is 9. The lowest BCUT2D eigenvalue weighted by molar-refractivity contribution is -0.153. The summed E-state index contributed by atoms with van der Waals surface area (Å²) in [4.78, 5) is 65.0. The number of hydrogen-bond donors (Lipinski definition) is 6. The number of nitrogens with zero attached hydrogens (tertiary/aromatic N) is 2. The summed E-state index contributed by atoms with van der Waals surface area (Å²) in [5.74, 6) is -5.83. The van der Waals surface area contributed by atoms with Crippen LogP contribution in [0.5, 0.6) is 11.5 Å². The van der Waals surface area contributed by atoms with E-state index in [1.165, 1.54) is 29.2 Å². The van der Waals surface area contributed by atoms with Crippen molar-refractivity contribution in [2.45, 2.75) is 18.4 Å². The van der Waals surface area contributed by atoms with Crippen molar-refractivity contribution in [2.24, 2.45) is 5.73 Å². The van der Waals surface area contributed by atoms with Crippen molar-refractivity contribution in [1.82, 2.24) is 20.4 Å². The number of nitrogens with one attached hydrogen (secondary N) is 2. The van der Waals surface area contributed by atoms with Crippen LogP contribution in [-0.4, -0.2) is 94.0 Å². The molecule has 2 aromatic rings. The van der Waals surface area contributed by atoms with Gasteiger partial charge in [0.15, 0.2) is 5.75 Å². The zero-order valence-corrected chi connectivity index (χ0v) is 22.7.